The van der Waals surface area contributed by atoms with Crippen LogP contribution >= 0.6 is 0 Å². The predicted molar refractivity (Wildman–Crippen MR) is 77.6 cm³/mol. The van der Waals surface area contributed by atoms with Gasteiger partial charge in [-0.2, -0.15) is 0 Å². The van der Waals surface area contributed by atoms with Crippen molar-refractivity contribution in [2.24, 2.45) is 0 Å². The van der Waals surface area contributed by atoms with Gasteiger partial charge in [0.05, 0.1) is 7.11 Å². The number of aromatic nitrogens is 1. The topological polar surface area (TPSA) is 71.5 Å². The number of hydrogen-bond acceptors (Lipinski definition) is 4. The van der Waals surface area contributed by atoms with Crippen LogP contribution < -0.4 is 10.1 Å². The van der Waals surface area contributed by atoms with Crippen LogP contribution in [0.5, 0.6) is 5.88 Å². The molecule has 6 nitrogen and oxygen atoms in total. The number of ether oxygens (including phenoxy) is 1. The van der Waals surface area contributed by atoms with Gasteiger partial charge in [-0.15, -0.1) is 0 Å². The lowest BCUT2D eigenvalue weighted by atomic mass is 10.0. The van der Waals surface area contributed by atoms with E-state index in [0.29, 0.717) is 18.8 Å². The Kier molecular flexibility index (Phi) is 4.77. The molecule has 0 radical (unpaired) electrons. The molecular weight excluding hydrogens is 270 g/mol. The van der Waals surface area contributed by atoms with E-state index in [0.717, 1.165) is 12.0 Å². The molecule has 0 aliphatic carbocycles. The summed E-state index contributed by atoms with van der Waals surface area (Å²) >= 11 is 0. The summed E-state index contributed by atoms with van der Waals surface area (Å²) in [4.78, 5) is 30.2. The third-order valence-corrected chi connectivity index (χ3v) is 3.68. The lowest BCUT2D eigenvalue weighted by molar-refractivity contribution is -0.149. The minimum absolute atomic E-state index is 0.0280. The Labute approximate surface area is 124 Å². The number of hydrogen-bond donors (Lipinski definition) is 1. The Balaban J connectivity index is 2.14. The zero-order valence-corrected chi connectivity index (χ0v) is 12.6. The SMILES string of the molecule is CCCC1NC(=O)C(C)N(Cc2ccc(OC)nc2)C1=O. The maximum Gasteiger partial charge on any atom is 0.246 e. The maximum absolute atomic E-state index is 12.5. The summed E-state index contributed by atoms with van der Waals surface area (Å²) in [6.07, 6.45) is 3.18. The quantitative estimate of drug-likeness (QED) is 0.882. The minimum atomic E-state index is -0.465. The molecule has 2 amide bonds. The van der Waals surface area contributed by atoms with Gasteiger partial charge < -0.3 is 15.0 Å². The van der Waals surface area contributed by atoms with E-state index in [1.165, 1.54) is 0 Å². The first-order chi connectivity index (χ1) is 10.1. The number of carbonyl (C=O) groups is 2. The van der Waals surface area contributed by atoms with Crippen molar-refractivity contribution in [3.05, 3.63) is 23.9 Å². The van der Waals surface area contributed by atoms with Crippen molar-refractivity contribution in [2.75, 3.05) is 7.11 Å². The Bertz CT molecular complexity index is 515. The molecule has 1 N–H and O–H groups in total. The van der Waals surface area contributed by atoms with Crippen molar-refractivity contribution in [3.63, 3.8) is 0 Å². The Morgan fingerprint density at radius 3 is 2.71 bits per heavy atom. The molecule has 2 rings (SSSR count). The third-order valence-electron chi connectivity index (χ3n) is 3.68. The molecule has 2 unspecified atom stereocenters. The summed E-state index contributed by atoms with van der Waals surface area (Å²) in [5, 5.41) is 2.79. The van der Waals surface area contributed by atoms with E-state index < -0.39 is 12.1 Å². The maximum atomic E-state index is 12.5. The van der Waals surface area contributed by atoms with Gasteiger partial charge in [-0.1, -0.05) is 19.4 Å². The van der Waals surface area contributed by atoms with Crippen LogP contribution in [0, 0.1) is 0 Å². The van der Waals surface area contributed by atoms with Crippen molar-refractivity contribution in [3.8, 4) is 5.88 Å². The van der Waals surface area contributed by atoms with E-state index >= 15 is 0 Å². The molecule has 1 saturated heterocycles. The van der Waals surface area contributed by atoms with E-state index in [-0.39, 0.29) is 11.8 Å². The fourth-order valence-corrected chi connectivity index (χ4v) is 2.41. The molecule has 2 atom stereocenters. The van der Waals surface area contributed by atoms with Crippen LogP contribution in [0.1, 0.15) is 32.3 Å². The predicted octanol–water partition coefficient (Wildman–Crippen LogP) is 1.11. The summed E-state index contributed by atoms with van der Waals surface area (Å²) in [6, 6.07) is 2.73. The van der Waals surface area contributed by atoms with Gasteiger partial charge in [0.2, 0.25) is 17.7 Å². The fourth-order valence-electron chi connectivity index (χ4n) is 2.41. The van der Waals surface area contributed by atoms with E-state index in [1.807, 2.05) is 13.0 Å². The highest BCUT2D eigenvalue weighted by molar-refractivity contribution is 5.96. The molecule has 1 aromatic rings. The van der Waals surface area contributed by atoms with E-state index in [4.69, 9.17) is 4.74 Å². The van der Waals surface area contributed by atoms with Crippen LogP contribution in [0.4, 0.5) is 0 Å². The molecule has 0 saturated carbocycles. The number of nitrogens with one attached hydrogen (secondary N) is 1. The molecule has 6 heteroatoms. The van der Waals surface area contributed by atoms with E-state index in [9.17, 15) is 9.59 Å². The molecule has 1 aliphatic rings. The molecule has 1 aromatic heterocycles. The summed E-state index contributed by atoms with van der Waals surface area (Å²) in [7, 11) is 1.55. The first-order valence-electron chi connectivity index (χ1n) is 7.16. The van der Waals surface area contributed by atoms with Gasteiger partial charge in [0.15, 0.2) is 0 Å². The molecule has 2 heterocycles. The number of nitrogens with zero attached hydrogens (tertiary/aromatic N) is 2. The van der Waals surface area contributed by atoms with Crippen LogP contribution in [-0.4, -0.2) is 40.9 Å². The first kappa shape index (κ1) is 15.3. The summed E-state index contributed by atoms with van der Waals surface area (Å²) < 4.78 is 5.01. The third kappa shape index (κ3) is 3.32. The van der Waals surface area contributed by atoms with Crippen LogP contribution in [0.2, 0.25) is 0 Å². The highest BCUT2D eigenvalue weighted by Gasteiger charge is 2.37. The zero-order valence-electron chi connectivity index (χ0n) is 12.6. The number of pyridine rings is 1. The standard InChI is InChI=1S/C15H21N3O3/c1-4-5-12-15(20)18(10(2)14(19)17-12)9-11-6-7-13(21-3)16-8-11/h6-8,10,12H,4-5,9H2,1-3H3,(H,17,19). The molecule has 0 aromatic carbocycles. The summed E-state index contributed by atoms with van der Waals surface area (Å²) in [5.74, 6) is 0.396. The van der Waals surface area contributed by atoms with Gasteiger partial charge in [-0.3, -0.25) is 9.59 Å². The summed E-state index contributed by atoms with van der Waals surface area (Å²) in [6.45, 7) is 4.12. The minimum Gasteiger partial charge on any atom is -0.481 e. The Hall–Kier alpha value is -2.11. The number of rotatable bonds is 5. The lowest BCUT2D eigenvalue weighted by Gasteiger charge is -2.37. The van der Waals surface area contributed by atoms with Gasteiger partial charge in [-0.05, 0) is 18.9 Å². The number of carbonyl (C=O) groups excluding carboxylic acids is 2. The average molecular weight is 291 g/mol. The van der Waals surface area contributed by atoms with Gasteiger partial charge in [0.1, 0.15) is 12.1 Å². The molecule has 0 bridgehead atoms. The highest BCUT2D eigenvalue weighted by Crippen LogP contribution is 2.17. The normalized spacial score (nSPS) is 22.1. The molecule has 1 fully saturated rings. The Morgan fingerprint density at radius 2 is 2.14 bits per heavy atom. The van der Waals surface area contributed by atoms with Crippen LogP contribution in [0.3, 0.4) is 0 Å². The van der Waals surface area contributed by atoms with Gasteiger partial charge in [-0.25, -0.2) is 4.98 Å². The number of piperazine rings is 1. The summed E-state index contributed by atoms with van der Waals surface area (Å²) in [5.41, 5.74) is 0.876. The van der Waals surface area contributed by atoms with Gasteiger partial charge in [0, 0.05) is 18.8 Å². The fraction of sp³-hybridized carbons (Fsp3) is 0.533. The Morgan fingerprint density at radius 1 is 1.38 bits per heavy atom. The van der Waals surface area contributed by atoms with E-state index in [2.05, 4.69) is 10.3 Å². The van der Waals surface area contributed by atoms with Gasteiger partial charge in [0.25, 0.3) is 0 Å². The zero-order chi connectivity index (χ0) is 15.4. The van der Waals surface area contributed by atoms with Crippen LogP contribution in [0.25, 0.3) is 0 Å². The second-order valence-corrected chi connectivity index (χ2v) is 5.20. The molecule has 21 heavy (non-hydrogen) atoms. The second kappa shape index (κ2) is 6.56. The van der Waals surface area contributed by atoms with Crippen molar-refractivity contribution in [1.82, 2.24) is 15.2 Å². The molecule has 0 spiro atoms. The van der Waals surface area contributed by atoms with Crippen LogP contribution in [-0.2, 0) is 16.1 Å². The smallest absolute Gasteiger partial charge is 0.246 e. The molecule has 1 aliphatic heterocycles. The highest BCUT2D eigenvalue weighted by atomic mass is 16.5. The second-order valence-electron chi connectivity index (χ2n) is 5.20. The van der Waals surface area contributed by atoms with Crippen molar-refractivity contribution in [2.45, 2.75) is 45.3 Å². The monoisotopic (exact) mass is 291 g/mol. The number of methoxy groups -OCH3 is 1. The van der Waals surface area contributed by atoms with Crippen molar-refractivity contribution < 1.29 is 14.3 Å². The van der Waals surface area contributed by atoms with Crippen molar-refractivity contribution >= 4 is 11.8 Å². The molecule has 114 valence electrons. The first-order valence-corrected chi connectivity index (χ1v) is 7.16. The lowest BCUT2D eigenvalue weighted by Crippen LogP contribution is -2.61. The van der Waals surface area contributed by atoms with Crippen LogP contribution in [0.15, 0.2) is 18.3 Å². The molecular formula is C15H21N3O3. The number of amides is 2. The largest absolute Gasteiger partial charge is 0.481 e. The van der Waals surface area contributed by atoms with Crippen molar-refractivity contribution in [1.29, 1.82) is 0 Å². The van der Waals surface area contributed by atoms with E-state index in [1.54, 1.807) is 31.2 Å². The average Bonchev–Trinajstić information content (AvgIpc) is 2.50. The van der Waals surface area contributed by atoms with Gasteiger partial charge >= 0.3 is 0 Å².